The molecule has 0 saturated heterocycles. The van der Waals surface area contributed by atoms with Gasteiger partial charge >= 0.3 is 5.97 Å². The number of ketones is 1. The fourth-order valence-electron chi connectivity index (χ4n) is 4.00. The number of carbonyl (C=O) groups is 2. The minimum atomic E-state index is -0.889. The van der Waals surface area contributed by atoms with Crippen LogP contribution < -0.4 is 4.74 Å². The third-order valence-corrected chi connectivity index (χ3v) is 5.61. The van der Waals surface area contributed by atoms with Crippen LogP contribution in [0.15, 0.2) is 48.5 Å². The Morgan fingerprint density at radius 2 is 1.86 bits per heavy atom. The zero-order valence-corrected chi connectivity index (χ0v) is 16.4. The summed E-state index contributed by atoms with van der Waals surface area (Å²) in [5, 5.41) is 9.12. The molecular formula is C24H28O4. The number of hydrogen-bond acceptors (Lipinski definition) is 3. The first-order chi connectivity index (χ1) is 13.5. The molecule has 1 N–H and O–H groups in total. The highest BCUT2D eigenvalue weighted by Gasteiger charge is 2.24. The maximum absolute atomic E-state index is 13.3. The fraction of sp³-hybridized carbons (Fsp3) is 0.417. The van der Waals surface area contributed by atoms with Crippen LogP contribution in [0.3, 0.4) is 0 Å². The Kier molecular flexibility index (Phi) is 6.85. The van der Waals surface area contributed by atoms with Crippen molar-refractivity contribution in [3.8, 4) is 5.75 Å². The van der Waals surface area contributed by atoms with Crippen LogP contribution in [0.2, 0.25) is 0 Å². The molecular weight excluding hydrogens is 352 g/mol. The molecule has 1 aliphatic rings. The lowest BCUT2D eigenvalue weighted by atomic mass is 9.85. The number of carbonyl (C=O) groups excluding carboxylic acids is 1. The van der Waals surface area contributed by atoms with E-state index in [4.69, 9.17) is 9.84 Å². The Balaban J connectivity index is 1.78. The van der Waals surface area contributed by atoms with Gasteiger partial charge in [0.1, 0.15) is 5.75 Å². The summed E-state index contributed by atoms with van der Waals surface area (Å²) in [6, 6.07) is 15.0. The molecule has 0 heterocycles. The fourth-order valence-corrected chi connectivity index (χ4v) is 4.00. The van der Waals surface area contributed by atoms with Gasteiger partial charge in [-0.3, -0.25) is 9.59 Å². The van der Waals surface area contributed by atoms with E-state index in [-0.39, 0.29) is 18.6 Å². The predicted octanol–water partition coefficient (Wildman–Crippen LogP) is 5.40. The number of ether oxygens (including phenoxy) is 1. The molecule has 1 unspecified atom stereocenters. The maximum atomic E-state index is 13.3. The standard InChI is InChI=1S/C24H28O4/c1-17-7-2-5-12-21(17)22(13-14-23(25)26)24(27)19-10-6-11-20(15-19)28-16-18-8-3-4-9-18/h2,5-7,10-12,15,18,22H,3-4,8-9,13-14,16H2,1H3,(H,25,26). The summed E-state index contributed by atoms with van der Waals surface area (Å²) in [6.45, 7) is 2.65. The number of aliphatic carboxylic acids is 1. The molecule has 3 rings (SSSR count). The van der Waals surface area contributed by atoms with E-state index in [2.05, 4.69) is 0 Å². The van der Waals surface area contributed by atoms with Gasteiger partial charge in [0.25, 0.3) is 0 Å². The van der Waals surface area contributed by atoms with Crippen molar-refractivity contribution in [1.29, 1.82) is 0 Å². The van der Waals surface area contributed by atoms with Gasteiger partial charge in [-0.25, -0.2) is 0 Å². The molecule has 1 saturated carbocycles. The van der Waals surface area contributed by atoms with E-state index in [9.17, 15) is 9.59 Å². The van der Waals surface area contributed by atoms with Crippen LogP contribution in [0.1, 0.15) is 65.9 Å². The molecule has 0 bridgehead atoms. The molecule has 0 amide bonds. The van der Waals surface area contributed by atoms with Crippen LogP contribution in [0.4, 0.5) is 0 Å². The Hall–Kier alpha value is -2.62. The normalized spacial score (nSPS) is 15.3. The van der Waals surface area contributed by atoms with Crippen molar-refractivity contribution in [2.24, 2.45) is 5.92 Å². The summed E-state index contributed by atoms with van der Waals surface area (Å²) >= 11 is 0. The number of aryl methyl sites for hydroxylation is 1. The molecule has 4 nitrogen and oxygen atoms in total. The minimum absolute atomic E-state index is 0.0391. The lowest BCUT2D eigenvalue weighted by Gasteiger charge is -2.18. The molecule has 28 heavy (non-hydrogen) atoms. The van der Waals surface area contributed by atoms with Gasteiger partial charge in [-0.15, -0.1) is 0 Å². The van der Waals surface area contributed by atoms with Gasteiger partial charge in [0.2, 0.25) is 0 Å². The third-order valence-electron chi connectivity index (χ3n) is 5.61. The lowest BCUT2D eigenvalue weighted by Crippen LogP contribution is -2.16. The van der Waals surface area contributed by atoms with E-state index >= 15 is 0 Å². The van der Waals surface area contributed by atoms with Crippen LogP contribution in [0.25, 0.3) is 0 Å². The summed E-state index contributed by atoms with van der Waals surface area (Å²) in [5.41, 5.74) is 2.47. The SMILES string of the molecule is Cc1ccccc1C(CCC(=O)O)C(=O)c1cccc(OCC2CCCC2)c1. The zero-order chi connectivity index (χ0) is 19.9. The van der Waals surface area contributed by atoms with E-state index < -0.39 is 11.9 Å². The van der Waals surface area contributed by atoms with Crippen LogP contribution in [0.5, 0.6) is 5.75 Å². The van der Waals surface area contributed by atoms with Crippen LogP contribution >= 0.6 is 0 Å². The van der Waals surface area contributed by atoms with E-state index in [1.54, 1.807) is 12.1 Å². The molecule has 0 aliphatic heterocycles. The maximum Gasteiger partial charge on any atom is 0.303 e. The Morgan fingerprint density at radius 1 is 1.11 bits per heavy atom. The molecule has 1 atom stereocenters. The molecule has 0 radical (unpaired) electrons. The Labute approximate surface area is 166 Å². The highest BCUT2D eigenvalue weighted by Crippen LogP contribution is 2.30. The Morgan fingerprint density at radius 3 is 2.57 bits per heavy atom. The van der Waals surface area contributed by atoms with Crippen molar-refractivity contribution in [2.75, 3.05) is 6.61 Å². The lowest BCUT2D eigenvalue weighted by molar-refractivity contribution is -0.137. The second kappa shape index (κ2) is 9.54. The van der Waals surface area contributed by atoms with Gasteiger partial charge in [-0.05, 0) is 55.4 Å². The van der Waals surface area contributed by atoms with Crippen molar-refractivity contribution >= 4 is 11.8 Å². The van der Waals surface area contributed by atoms with Gasteiger partial charge in [0.05, 0.1) is 6.61 Å². The number of carboxylic acids is 1. The minimum Gasteiger partial charge on any atom is -0.493 e. The Bertz CT molecular complexity index is 821. The topological polar surface area (TPSA) is 63.6 Å². The molecule has 4 heteroatoms. The second-order valence-corrected chi connectivity index (χ2v) is 7.70. The van der Waals surface area contributed by atoms with Crippen LogP contribution in [0, 0.1) is 12.8 Å². The summed E-state index contributed by atoms with van der Waals surface area (Å²) < 4.78 is 5.94. The molecule has 0 aromatic heterocycles. The van der Waals surface area contributed by atoms with Gasteiger partial charge in [-0.2, -0.15) is 0 Å². The first-order valence-electron chi connectivity index (χ1n) is 10.1. The molecule has 2 aromatic rings. The summed E-state index contributed by atoms with van der Waals surface area (Å²) in [6.07, 6.45) is 5.21. The third kappa shape index (κ3) is 5.22. The van der Waals surface area contributed by atoms with Gasteiger partial charge in [0, 0.05) is 17.9 Å². The first-order valence-corrected chi connectivity index (χ1v) is 10.1. The van der Waals surface area contributed by atoms with Crippen LogP contribution in [-0.4, -0.2) is 23.5 Å². The number of rotatable bonds is 9. The van der Waals surface area contributed by atoms with Crippen molar-refractivity contribution < 1.29 is 19.4 Å². The number of Topliss-reactive ketones (excluding diaryl/α,β-unsaturated/α-hetero) is 1. The van der Waals surface area contributed by atoms with E-state index in [0.29, 0.717) is 23.8 Å². The van der Waals surface area contributed by atoms with Crippen LogP contribution in [-0.2, 0) is 4.79 Å². The molecule has 148 valence electrons. The first kappa shape index (κ1) is 20.1. The molecule has 1 aliphatic carbocycles. The monoisotopic (exact) mass is 380 g/mol. The van der Waals surface area contributed by atoms with Crippen molar-refractivity contribution in [3.63, 3.8) is 0 Å². The van der Waals surface area contributed by atoms with Gasteiger partial charge in [-0.1, -0.05) is 49.2 Å². The summed E-state index contributed by atoms with van der Waals surface area (Å²) in [4.78, 5) is 24.4. The highest BCUT2D eigenvalue weighted by atomic mass is 16.5. The van der Waals surface area contributed by atoms with Gasteiger partial charge in [0.15, 0.2) is 5.78 Å². The number of carboxylic acid groups (broad SMARTS) is 1. The van der Waals surface area contributed by atoms with Crippen molar-refractivity contribution in [1.82, 2.24) is 0 Å². The van der Waals surface area contributed by atoms with E-state index in [0.717, 1.165) is 11.1 Å². The zero-order valence-electron chi connectivity index (χ0n) is 16.4. The predicted molar refractivity (Wildman–Crippen MR) is 109 cm³/mol. The summed E-state index contributed by atoms with van der Waals surface area (Å²) in [7, 11) is 0. The van der Waals surface area contributed by atoms with Gasteiger partial charge < -0.3 is 9.84 Å². The smallest absolute Gasteiger partial charge is 0.303 e. The molecule has 1 fully saturated rings. The number of benzene rings is 2. The van der Waals surface area contributed by atoms with E-state index in [1.165, 1.54) is 25.7 Å². The molecule has 0 spiro atoms. The quantitative estimate of drug-likeness (QED) is 0.592. The van der Waals surface area contributed by atoms with Crippen molar-refractivity contribution in [3.05, 3.63) is 65.2 Å². The average Bonchev–Trinajstić information content (AvgIpc) is 3.21. The van der Waals surface area contributed by atoms with Crippen molar-refractivity contribution in [2.45, 2.75) is 51.4 Å². The summed E-state index contributed by atoms with van der Waals surface area (Å²) in [5.74, 6) is -0.0987. The van der Waals surface area contributed by atoms with E-state index in [1.807, 2.05) is 43.3 Å². The largest absolute Gasteiger partial charge is 0.493 e. The second-order valence-electron chi connectivity index (χ2n) is 7.70. The number of hydrogen-bond donors (Lipinski definition) is 1. The molecule has 2 aromatic carbocycles. The average molecular weight is 380 g/mol. The highest BCUT2D eigenvalue weighted by molar-refractivity contribution is 6.01.